The van der Waals surface area contributed by atoms with E-state index >= 15 is 0 Å². The Morgan fingerprint density at radius 2 is 2.00 bits per heavy atom. The minimum absolute atomic E-state index is 0.335. The first kappa shape index (κ1) is 13.6. The summed E-state index contributed by atoms with van der Waals surface area (Å²) in [7, 11) is 0. The maximum Gasteiger partial charge on any atom is 0.0802 e. The molecule has 0 amide bonds. The Labute approximate surface area is 123 Å². The van der Waals surface area contributed by atoms with Gasteiger partial charge in [-0.25, -0.2) is 0 Å². The highest BCUT2D eigenvalue weighted by Gasteiger charge is 2.35. The number of aliphatic hydroxyl groups is 1. The van der Waals surface area contributed by atoms with Gasteiger partial charge in [0, 0.05) is 24.1 Å². The normalized spacial score (nSPS) is 28.5. The van der Waals surface area contributed by atoms with Crippen LogP contribution in [-0.2, 0) is 0 Å². The van der Waals surface area contributed by atoms with Gasteiger partial charge in [0.15, 0.2) is 0 Å². The van der Waals surface area contributed by atoms with E-state index in [-0.39, 0.29) is 6.10 Å². The molecule has 104 valence electrons. The number of hydrogen-bond acceptors (Lipinski definition) is 2. The number of hydrogen-bond donors (Lipinski definition) is 1. The van der Waals surface area contributed by atoms with Gasteiger partial charge in [-0.2, -0.15) is 0 Å². The smallest absolute Gasteiger partial charge is 0.0802 e. The average molecular weight is 324 g/mol. The lowest BCUT2D eigenvalue weighted by Crippen LogP contribution is -2.24. The molecule has 19 heavy (non-hydrogen) atoms. The van der Waals surface area contributed by atoms with E-state index in [1.165, 1.54) is 32.4 Å². The summed E-state index contributed by atoms with van der Waals surface area (Å²) in [6.45, 7) is 3.55. The zero-order valence-electron chi connectivity index (χ0n) is 11.3. The molecule has 1 heterocycles. The van der Waals surface area contributed by atoms with E-state index in [2.05, 4.69) is 20.8 Å². The van der Waals surface area contributed by atoms with Crippen molar-refractivity contribution in [3.05, 3.63) is 34.3 Å². The van der Waals surface area contributed by atoms with E-state index in [1.54, 1.807) is 0 Å². The van der Waals surface area contributed by atoms with Crippen LogP contribution in [0.2, 0.25) is 0 Å². The lowest BCUT2D eigenvalue weighted by molar-refractivity contribution is 0.146. The molecule has 0 radical (unpaired) electrons. The van der Waals surface area contributed by atoms with Crippen LogP contribution in [0.1, 0.15) is 37.4 Å². The van der Waals surface area contributed by atoms with Gasteiger partial charge in [-0.3, -0.25) is 0 Å². The quantitative estimate of drug-likeness (QED) is 0.915. The summed E-state index contributed by atoms with van der Waals surface area (Å²) < 4.78 is 1.04. The summed E-state index contributed by atoms with van der Waals surface area (Å²) >= 11 is 3.46. The maximum absolute atomic E-state index is 10.3. The third-order valence-corrected chi connectivity index (χ3v) is 5.25. The lowest BCUT2D eigenvalue weighted by atomic mass is 10.0. The lowest BCUT2D eigenvalue weighted by Gasteiger charge is -2.19. The van der Waals surface area contributed by atoms with Crippen LogP contribution in [-0.4, -0.2) is 29.6 Å². The Morgan fingerprint density at radius 3 is 2.68 bits per heavy atom. The Bertz CT molecular complexity index is 425. The van der Waals surface area contributed by atoms with Gasteiger partial charge in [0.2, 0.25) is 0 Å². The molecule has 3 unspecified atom stereocenters. The molecule has 2 fully saturated rings. The van der Waals surface area contributed by atoms with E-state index in [0.29, 0.717) is 0 Å². The van der Waals surface area contributed by atoms with Crippen LogP contribution in [0.5, 0.6) is 0 Å². The molecule has 0 aromatic heterocycles. The van der Waals surface area contributed by atoms with Crippen LogP contribution in [0.25, 0.3) is 0 Å². The third-order valence-electron chi connectivity index (χ3n) is 4.75. The van der Waals surface area contributed by atoms with E-state index in [9.17, 15) is 5.11 Å². The summed E-state index contributed by atoms with van der Waals surface area (Å²) in [5.41, 5.74) is 1.02. The zero-order valence-corrected chi connectivity index (χ0v) is 12.8. The van der Waals surface area contributed by atoms with Crippen LogP contribution < -0.4 is 0 Å². The van der Waals surface area contributed by atoms with Gasteiger partial charge in [-0.15, -0.1) is 0 Å². The molecule has 3 heteroatoms. The Kier molecular flexibility index (Phi) is 4.25. The Balaban J connectivity index is 1.50. The second kappa shape index (κ2) is 5.94. The van der Waals surface area contributed by atoms with Crippen LogP contribution >= 0.6 is 15.9 Å². The third kappa shape index (κ3) is 3.21. The topological polar surface area (TPSA) is 23.5 Å². The van der Waals surface area contributed by atoms with Crippen molar-refractivity contribution in [1.29, 1.82) is 0 Å². The van der Waals surface area contributed by atoms with Crippen molar-refractivity contribution >= 4 is 15.9 Å². The Morgan fingerprint density at radius 1 is 1.26 bits per heavy atom. The molecule has 1 saturated carbocycles. The second-order valence-corrected chi connectivity index (χ2v) is 6.99. The fraction of sp³-hybridized carbons (Fsp3) is 0.625. The zero-order chi connectivity index (χ0) is 13.2. The van der Waals surface area contributed by atoms with Crippen molar-refractivity contribution in [2.24, 2.45) is 11.8 Å². The molecule has 1 aliphatic heterocycles. The first-order chi connectivity index (χ1) is 9.22. The number of likely N-dealkylation sites (tertiary alicyclic amines) is 1. The van der Waals surface area contributed by atoms with E-state index in [0.717, 1.165) is 34.8 Å². The predicted octanol–water partition coefficient (Wildman–Crippen LogP) is 3.60. The fourth-order valence-electron chi connectivity index (χ4n) is 3.70. The highest BCUT2D eigenvalue weighted by atomic mass is 79.9. The number of rotatable bonds is 4. The summed E-state index contributed by atoms with van der Waals surface area (Å²) in [4.78, 5) is 2.55. The van der Waals surface area contributed by atoms with Crippen molar-refractivity contribution < 1.29 is 5.11 Å². The van der Waals surface area contributed by atoms with Gasteiger partial charge in [-0.05, 0) is 48.8 Å². The van der Waals surface area contributed by atoms with Crippen molar-refractivity contribution in [1.82, 2.24) is 4.90 Å². The molecule has 1 N–H and O–H groups in total. The minimum Gasteiger partial charge on any atom is -0.388 e. The number of halogens is 1. The molecular weight excluding hydrogens is 302 g/mol. The monoisotopic (exact) mass is 323 g/mol. The van der Waals surface area contributed by atoms with Crippen LogP contribution in [0.15, 0.2) is 28.7 Å². The van der Waals surface area contributed by atoms with Gasteiger partial charge in [0.05, 0.1) is 6.10 Å². The fourth-order valence-corrected chi connectivity index (χ4v) is 4.12. The van der Waals surface area contributed by atoms with Crippen molar-refractivity contribution in [2.45, 2.75) is 31.8 Å². The molecule has 0 bridgehead atoms. The van der Waals surface area contributed by atoms with Gasteiger partial charge in [0.1, 0.15) is 0 Å². The molecule has 3 atom stereocenters. The predicted molar refractivity (Wildman–Crippen MR) is 81.0 cm³/mol. The summed E-state index contributed by atoms with van der Waals surface area (Å²) in [6, 6.07) is 8.01. The minimum atomic E-state index is -0.335. The number of benzene rings is 1. The largest absolute Gasteiger partial charge is 0.388 e. The van der Waals surface area contributed by atoms with Gasteiger partial charge in [-0.1, -0.05) is 34.5 Å². The molecule has 1 aliphatic carbocycles. The highest BCUT2D eigenvalue weighted by molar-refractivity contribution is 9.10. The summed E-state index contributed by atoms with van der Waals surface area (Å²) in [6.07, 6.45) is 4.79. The van der Waals surface area contributed by atoms with Gasteiger partial charge >= 0.3 is 0 Å². The summed E-state index contributed by atoms with van der Waals surface area (Å²) in [5, 5.41) is 10.3. The number of fused-ring (bicyclic) bond motifs is 1. The molecule has 2 aliphatic rings. The summed E-state index contributed by atoms with van der Waals surface area (Å²) in [5.74, 6) is 1.89. The van der Waals surface area contributed by atoms with Gasteiger partial charge < -0.3 is 10.0 Å². The molecule has 0 spiro atoms. The highest BCUT2D eigenvalue weighted by Crippen LogP contribution is 2.37. The first-order valence-corrected chi connectivity index (χ1v) is 8.17. The van der Waals surface area contributed by atoms with E-state index < -0.39 is 0 Å². The SMILES string of the molecule is OC(CCN1CC2CCCC2C1)c1cccc(Br)c1. The number of nitrogens with zero attached hydrogens (tertiary/aromatic N) is 1. The number of aliphatic hydroxyl groups excluding tert-OH is 1. The maximum atomic E-state index is 10.3. The van der Waals surface area contributed by atoms with Crippen molar-refractivity contribution in [3.63, 3.8) is 0 Å². The average Bonchev–Trinajstić information content (AvgIpc) is 2.96. The second-order valence-electron chi connectivity index (χ2n) is 6.07. The first-order valence-electron chi connectivity index (χ1n) is 7.38. The molecule has 1 aromatic carbocycles. The molecule has 1 saturated heterocycles. The van der Waals surface area contributed by atoms with Crippen LogP contribution in [0.4, 0.5) is 0 Å². The van der Waals surface area contributed by atoms with E-state index in [4.69, 9.17) is 0 Å². The molecule has 2 nitrogen and oxygen atoms in total. The standard InChI is InChI=1S/C16H22BrNO/c17-15-6-2-3-12(9-15)16(19)7-8-18-10-13-4-1-5-14(13)11-18/h2-3,6,9,13-14,16,19H,1,4-5,7-8,10-11H2. The molecule has 1 aromatic rings. The van der Waals surface area contributed by atoms with E-state index in [1.807, 2.05) is 24.3 Å². The van der Waals surface area contributed by atoms with Crippen molar-refractivity contribution in [3.8, 4) is 0 Å². The van der Waals surface area contributed by atoms with Crippen LogP contribution in [0.3, 0.4) is 0 Å². The molecular formula is C16H22BrNO. The molecule has 3 rings (SSSR count). The van der Waals surface area contributed by atoms with Gasteiger partial charge in [0.25, 0.3) is 0 Å². The van der Waals surface area contributed by atoms with Crippen LogP contribution in [0, 0.1) is 11.8 Å². The Hall–Kier alpha value is -0.380. The van der Waals surface area contributed by atoms with Crippen molar-refractivity contribution in [2.75, 3.05) is 19.6 Å².